The zero-order chi connectivity index (χ0) is 28.8. The Labute approximate surface area is 240 Å². The Morgan fingerprint density at radius 1 is 0.927 bits per heavy atom. The highest BCUT2D eigenvalue weighted by atomic mass is 16.5. The van der Waals surface area contributed by atoms with Gasteiger partial charge in [-0.1, -0.05) is 80.1 Å². The average Bonchev–Trinajstić information content (AvgIpc) is 3.27. The summed E-state index contributed by atoms with van der Waals surface area (Å²) in [5.41, 5.74) is 3.07. The zero-order valence-electron chi connectivity index (χ0n) is 23.5. The van der Waals surface area contributed by atoms with Gasteiger partial charge >= 0.3 is 0 Å². The van der Waals surface area contributed by atoms with Crippen molar-refractivity contribution in [1.29, 1.82) is 0 Å². The summed E-state index contributed by atoms with van der Waals surface area (Å²) >= 11 is 0. The molecule has 1 aliphatic rings. The van der Waals surface area contributed by atoms with Crippen molar-refractivity contribution in [3.05, 3.63) is 108 Å². The summed E-state index contributed by atoms with van der Waals surface area (Å²) in [6.07, 6.45) is 2.13. The number of carbonyl (C=O) groups is 3. The summed E-state index contributed by atoms with van der Waals surface area (Å²) in [5, 5.41) is 4.85. The number of amides is 3. The Hall–Kier alpha value is -4.65. The van der Waals surface area contributed by atoms with E-state index in [0.29, 0.717) is 30.0 Å². The second-order valence-corrected chi connectivity index (χ2v) is 10.3. The van der Waals surface area contributed by atoms with Crippen LogP contribution in [0.15, 0.2) is 91.0 Å². The molecule has 1 heterocycles. The van der Waals surface area contributed by atoms with Gasteiger partial charge in [-0.15, -0.1) is 0 Å². The summed E-state index contributed by atoms with van der Waals surface area (Å²) in [6, 6.07) is 27.8. The maximum absolute atomic E-state index is 14.3. The number of nitrogens with zero attached hydrogens (tertiary/aromatic N) is 2. The molecular weight excluding hydrogens is 514 g/mol. The van der Waals surface area contributed by atoms with E-state index in [2.05, 4.69) is 12.2 Å². The molecule has 0 spiro atoms. The number of anilines is 1. The van der Waals surface area contributed by atoms with Gasteiger partial charge in [-0.25, -0.2) is 0 Å². The monoisotopic (exact) mass is 549 g/mol. The SMILES string of the molecule is CCCCNC(=O)C(Cc1ccccc1)N(Cc1cccc(OC)c1)C(=O)CN1C(=O)c2cccc3cccc1c23. The molecule has 1 atom stereocenters. The standard InChI is InChI=1S/C34H35N3O4/c1-3-4-19-35-33(39)30(21-24-11-6-5-7-12-24)36(22-25-13-8-16-27(20-25)41-2)31(38)23-37-29-18-10-15-26-14-9-17-28(32(26)29)34(37)40/h5-18,20,30H,3-4,19,21-23H2,1-2H3,(H,35,39). The normalized spacial score (nSPS) is 12.8. The van der Waals surface area contributed by atoms with Crippen LogP contribution in [0.2, 0.25) is 0 Å². The Kier molecular flexibility index (Phi) is 8.63. The van der Waals surface area contributed by atoms with Crippen LogP contribution >= 0.6 is 0 Å². The number of hydrogen-bond acceptors (Lipinski definition) is 4. The van der Waals surface area contributed by atoms with Gasteiger partial charge in [0.1, 0.15) is 18.3 Å². The van der Waals surface area contributed by atoms with E-state index in [1.165, 1.54) is 4.90 Å². The lowest BCUT2D eigenvalue weighted by Crippen LogP contribution is -2.53. The van der Waals surface area contributed by atoms with Crippen molar-refractivity contribution in [2.45, 2.75) is 38.8 Å². The highest BCUT2D eigenvalue weighted by molar-refractivity contribution is 6.26. The van der Waals surface area contributed by atoms with Crippen LogP contribution in [0.3, 0.4) is 0 Å². The molecule has 4 aromatic carbocycles. The molecule has 0 fully saturated rings. The second-order valence-electron chi connectivity index (χ2n) is 10.3. The molecule has 0 bridgehead atoms. The molecule has 0 aliphatic carbocycles. The molecular formula is C34H35N3O4. The maximum Gasteiger partial charge on any atom is 0.259 e. The average molecular weight is 550 g/mol. The number of ether oxygens (including phenoxy) is 1. The van der Waals surface area contributed by atoms with Crippen LogP contribution in [-0.2, 0) is 22.6 Å². The molecule has 1 N–H and O–H groups in total. The predicted octanol–water partition coefficient (Wildman–Crippen LogP) is 5.37. The number of unbranched alkanes of at least 4 members (excludes halogenated alkanes) is 1. The van der Waals surface area contributed by atoms with Crippen LogP contribution in [-0.4, -0.2) is 48.9 Å². The van der Waals surface area contributed by atoms with Crippen LogP contribution in [0.4, 0.5) is 5.69 Å². The van der Waals surface area contributed by atoms with Gasteiger partial charge in [0, 0.05) is 30.5 Å². The third-order valence-electron chi connectivity index (χ3n) is 7.53. The number of benzene rings is 4. The zero-order valence-corrected chi connectivity index (χ0v) is 23.5. The topological polar surface area (TPSA) is 79.0 Å². The van der Waals surface area contributed by atoms with E-state index in [9.17, 15) is 14.4 Å². The molecule has 0 saturated heterocycles. The fourth-order valence-electron chi connectivity index (χ4n) is 5.39. The van der Waals surface area contributed by atoms with E-state index in [-0.39, 0.29) is 30.8 Å². The fourth-order valence-corrected chi connectivity index (χ4v) is 5.39. The lowest BCUT2D eigenvalue weighted by molar-refractivity contribution is -0.140. The van der Waals surface area contributed by atoms with Gasteiger partial charge < -0.3 is 15.0 Å². The summed E-state index contributed by atoms with van der Waals surface area (Å²) in [7, 11) is 1.60. The van der Waals surface area contributed by atoms with Crippen molar-refractivity contribution in [3.8, 4) is 5.75 Å². The van der Waals surface area contributed by atoms with Crippen molar-refractivity contribution < 1.29 is 19.1 Å². The van der Waals surface area contributed by atoms with E-state index in [1.807, 2.05) is 84.9 Å². The van der Waals surface area contributed by atoms with Crippen LogP contribution in [0.5, 0.6) is 5.75 Å². The maximum atomic E-state index is 14.3. The van der Waals surface area contributed by atoms with E-state index >= 15 is 0 Å². The Morgan fingerprint density at radius 2 is 1.66 bits per heavy atom. The first-order chi connectivity index (χ1) is 20.0. The molecule has 7 nitrogen and oxygen atoms in total. The largest absolute Gasteiger partial charge is 0.497 e. The fraction of sp³-hybridized carbons (Fsp3) is 0.265. The minimum absolute atomic E-state index is 0.176. The van der Waals surface area contributed by atoms with Gasteiger partial charge in [-0.3, -0.25) is 19.3 Å². The third-order valence-corrected chi connectivity index (χ3v) is 7.53. The number of nitrogens with one attached hydrogen (secondary N) is 1. The molecule has 41 heavy (non-hydrogen) atoms. The quantitative estimate of drug-likeness (QED) is 0.241. The molecule has 1 aliphatic heterocycles. The van der Waals surface area contributed by atoms with Crippen LogP contribution in [0, 0.1) is 0 Å². The van der Waals surface area contributed by atoms with Gasteiger partial charge in [-0.05, 0) is 47.2 Å². The minimum Gasteiger partial charge on any atom is -0.497 e. The van der Waals surface area contributed by atoms with Gasteiger partial charge in [-0.2, -0.15) is 0 Å². The van der Waals surface area contributed by atoms with Crippen LogP contribution < -0.4 is 15.0 Å². The highest BCUT2D eigenvalue weighted by Gasteiger charge is 2.35. The first-order valence-corrected chi connectivity index (χ1v) is 14.1. The third kappa shape index (κ3) is 6.09. The molecule has 0 aromatic heterocycles. The minimum atomic E-state index is -0.774. The Balaban J connectivity index is 1.50. The molecule has 3 amide bonds. The van der Waals surface area contributed by atoms with Gasteiger partial charge in [0.05, 0.1) is 12.8 Å². The Morgan fingerprint density at radius 3 is 2.41 bits per heavy atom. The molecule has 5 rings (SSSR count). The summed E-state index contributed by atoms with van der Waals surface area (Å²) in [4.78, 5) is 44.6. The van der Waals surface area contributed by atoms with Crippen molar-refractivity contribution in [2.75, 3.05) is 25.1 Å². The predicted molar refractivity (Wildman–Crippen MR) is 161 cm³/mol. The van der Waals surface area contributed by atoms with Gasteiger partial charge in [0.15, 0.2) is 0 Å². The summed E-state index contributed by atoms with van der Waals surface area (Å²) in [6.45, 7) is 2.61. The second kappa shape index (κ2) is 12.7. The number of methoxy groups -OCH3 is 1. The smallest absolute Gasteiger partial charge is 0.259 e. The van der Waals surface area contributed by atoms with Crippen molar-refractivity contribution in [3.63, 3.8) is 0 Å². The van der Waals surface area contributed by atoms with Crippen LogP contribution in [0.25, 0.3) is 10.8 Å². The lowest BCUT2D eigenvalue weighted by atomic mass is 10.0. The van der Waals surface area contributed by atoms with Crippen LogP contribution in [0.1, 0.15) is 41.3 Å². The molecule has 4 aromatic rings. The van der Waals surface area contributed by atoms with E-state index in [4.69, 9.17) is 4.74 Å². The lowest BCUT2D eigenvalue weighted by Gasteiger charge is -2.33. The van der Waals surface area contributed by atoms with Gasteiger partial charge in [0.2, 0.25) is 11.8 Å². The molecule has 0 radical (unpaired) electrons. The molecule has 0 saturated carbocycles. The van der Waals surface area contributed by atoms with Crippen molar-refractivity contribution in [1.82, 2.24) is 10.2 Å². The number of carbonyl (C=O) groups excluding carboxylic acids is 3. The van der Waals surface area contributed by atoms with Crippen molar-refractivity contribution >= 4 is 34.2 Å². The Bertz CT molecular complexity index is 1550. The first kappa shape index (κ1) is 27.9. The number of hydrogen-bond donors (Lipinski definition) is 1. The number of rotatable bonds is 12. The van der Waals surface area contributed by atoms with E-state index in [1.54, 1.807) is 18.1 Å². The molecule has 1 unspecified atom stereocenters. The van der Waals surface area contributed by atoms with E-state index in [0.717, 1.165) is 34.7 Å². The molecule has 7 heteroatoms. The molecule has 210 valence electrons. The summed E-state index contributed by atoms with van der Waals surface area (Å²) < 4.78 is 5.42. The van der Waals surface area contributed by atoms with Gasteiger partial charge in [0.25, 0.3) is 5.91 Å². The highest BCUT2D eigenvalue weighted by Crippen LogP contribution is 2.37. The first-order valence-electron chi connectivity index (χ1n) is 14.1. The van der Waals surface area contributed by atoms with E-state index < -0.39 is 6.04 Å². The summed E-state index contributed by atoms with van der Waals surface area (Å²) in [5.74, 6) is -0.0634. The van der Waals surface area contributed by atoms with Crippen molar-refractivity contribution in [2.24, 2.45) is 0 Å².